The molecular weight excluding hydrogens is 405 g/mol. The molecule has 0 bridgehead atoms. The van der Waals surface area contributed by atoms with Crippen molar-refractivity contribution < 1.29 is 17.9 Å². The minimum atomic E-state index is -4.83. The van der Waals surface area contributed by atoms with Gasteiger partial charge in [0, 0.05) is 30.9 Å². The van der Waals surface area contributed by atoms with E-state index >= 15 is 0 Å². The van der Waals surface area contributed by atoms with Crippen LogP contribution in [0.4, 0.5) is 18.9 Å². The summed E-state index contributed by atoms with van der Waals surface area (Å²) < 4.78 is 43.8. The Morgan fingerprint density at radius 2 is 1.55 bits per heavy atom. The van der Waals surface area contributed by atoms with E-state index in [1.165, 1.54) is 17.7 Å². The Hall–Kier alpha value is -2.57. The second kappa shape index (κ2) is 7.84. The van der Waals surface area contributed by atoms with Gasteiger partial charge in [-0.15, -0.1) is 13.2 Å². The lowest BCUT2D eigenvalue weighted by atomic mass is 9.62. The minimum absolute atomic E-state index is 0.0390. The van der Waals surface area contributed by atoms with E-state index in [1.807, 2.05) is 25.1 Å². The predicted octanol–water partition coefficient (Wildman–Crippen LogP) is 6.93. The summed E-state index contributed by atoms with van der Waals surface area (Å²) in [6.07, 6.45) is -2.82. The highest BCUT2D eigenvalue weighted by Gasteiger charge is 2.38. The topological polar surface area (TPSA) is 41.9 Å². The van der Waals surface area contributed by atoms with Crippen molar-refractivity contribution in [2.75, 3.05) is 19.0 Å². The van der Waals surface area contributed by atoms with E-state index in [4.69, 9.17) is 0 Å². The molecule has 4 nitrogen and oxygen atoms in total. The van der Waals surface area contributed by atoms with Crippen LogP contribution in [-0.2, 0) is 17.4 Å². The number of alkyl halides is 3. The Kier molecular flexibility index (Phi) is 5.84. The molecule has 1 aliphatic carbocycles. The molecule has 7 heteroatoms. The van der Waals surface area contributed by atoms with Crippen molar-refractivity contribution in [1.29, 1.82) is 0 Å². The van der Waals surface area contributed by atoms with Crippen molar-refractivity contribution in [3.63, 3.8) is 0 Å². The number of rotatable bonds is 5. The summed E-state index contributed by atoms with van der Waals surface area (Å²) in [5.41, 5.74) is 4.45. The van der Waals surface area contributed by atoms with Gasteiger partial charge in [0.25, 0.3) is 0 Å². The van der Waals surface area contributed by atoms with Gasteiger partial charge in [0.15, 0.2) is 0 Å². The normalized spacial score (nSPS) is 17.1. The first kappa shape index (κ1) is 23.1. The third-order valence-corrected chi connectivity index (χ3v) is 6.26. The molecule has 0 N–H and O–H groups in total. The molecule has 0 aliphatic heterocycles. The van der Waals surface area contributed by atoms with E-state index in [9.17, 15) is 18.1 Å². The Bertz CT molecular complexity index is 995. The number of fused-ring (bicyclic) bond motifs is 1. The standard InChI is InChI=1S/C24H29F3N2O2/c1-22(2)9-10-23(3,4)19-13-20(29(5)6)16(12-18(19)22)17-11-15(14-28-30)7-8-21(17)31-24(25,26)27/h7-8,11-13H,9-10,14H2,1-6H3. The molecule has 1 aliphatic rings. The minimum Gasteiger partial charge on any atom is -0.405 e. The van der Waals surface area contributed by atoms with Gasteiger partial charge in [0.05, 0.1) is 0 Å². The van der Waals surface area contributed by atoms with E-state index < -0.39 is 6.36 Å². The summed E-state index contributed by atoms with van der Waals surface area (Å²) in [5, 5.41) is 2.89. The van der Waals surface area contributed by atoms with Gasteiger partial charge < -0.3 is 9.64 Å². The highest BCUT2D eigenvalue weighted by molar-refractivity contribution is 5.84. The van der Waals surface area contributed by atoms with Gasteiger partial charge in [-0.05, 0) is 64.6 Å². The van der Waals surface area contributed by atoms with Gasteiger partial charge in [-0.3, -0.25) is 0 Å². The number of hydrogen-bond donors (Lipinski definition) is 0. The quantitative estimate of drug-likeness (QED) is 0.479. The maximum Gasteiger partial charge on any atom is 0.573 e. The third kappa shape index (κ3) is 4.70. The molecule has 0 spiro atoms. The van der Waals surface area contributed by atoms with Crippen LogP contribution >= 0.6 is 0 Å². The van der Waals surface area contributed by atoms with Gasteiger partial charge in [-0.25, -0.2) is 0 Å². The number of benzene rings is 2. The van der Waals surface area contributed by atoms with Crippen LogP contribution in [-0.4, -0.2) is 20.5 Å². The number of hydrogen-bond acceptors (Lipinski definition) is 4. The van der Waals surface area contributed by atoms with Crippen LogP contribution < -0.4 is 9.64 Å². The van der Waals surface area contributed by atoms with Gasteiger partial charge in [0.2, 0.25) is 0 Å². The lowest BCUT2D eigenvalue weighted by Crippen LogP contribution is -2.34. The molecule has 3 rings (SSSR count). The summed E-state index contributed by atoms with van der Waals surface area (Å²) in [7, 11) is 3.74. The van der Waals surface area contributed by atoms with Crippen LogP contribution in [0.1, 0.15) is 57.2 Å². The molecule has 0 saturated carbocycles. The second-order valence-electron chi connectivity index (χ2n) is 9.74. The van der Waals surface area contributed by atoms with Crippen LogP contribution in [0.2, 0.25) is 0 Å². The maximum absolute atomic E-state index is 13.1. The summed E-state index contributed by atoms with van der Waals surface area (Å²) >= 11 is 0. The summed E-state index contributed by atoms with van der Waals surface area (Å²) in [6.45, 7) is 8.61. The Balaban J connectivity index is 2.34. The van der Waals surface area contributed by atoms with Crippen molar-refractivity contribution in [2.24, 2.45) is 5.18 Å². The Labute approximate surface area is 181 Å². The van der Waals surface area contributed by atoms with Crippen LogP contribution in [0.5, 0.6) is 5.75 Å². The van der Waals surface area contributed by atoms with Crippen LogP contribution in [0.15, 0.2) is 35.5 Å². The lowest BCUT2D eigenvalue weighted by Gasteiger charge is -2.43. The molecule has 2 aromatic carbocycles. The third-order valence-electron chi connectivity index (χ3n) is 6.26. The average Bonchev–Trinajstić information content (AvgIpc) is 2.65. The zero-order valence-electron chi connectivity index (χ0n) is 18.9. The van der Waals surface area contributed by atoms with Crippen LogP contribution in [0.25, 0.3) is 11.1 Å². The molecule has 0 amide bonds. The van der Waals surface area contributed by atoms with Gasteiger partial charge in [0.1, 0.15) is 12.3 Å². The molecule has 0 saturated heterocycles. The number of anilines is 1. The highest BCUT2D eigenvalue weighted by atomic mass is 19.4. The molecule has 0 heterocycles. The molecular formula is C24H29F3N2O2. The molecule has 0 radical (unpaired) electrons. The fraction of sp³-hybridized carbons (Fsp3) is 0.500. The Morgan fingerprint density at radius 1 is 0.968 bits per heavy atom. The zero-order chi connectivity index (χ0) is 23.2. The van der Waals surface area contributed by atoms with E-state index in [1.54, 1.807) is 6.07 Å². The van der Waals surface area contributed by atoms with Crippen molar-refractivity contribution in [3.05, 3.63) is 51.9 Å². The van der Waals surface area contributed by atoms with Crippen molar-refractivity contribution in [3.8, 4) is 16.9 Å². The van der Waals surface area contributed by atoms with Crippen LogP contribution in [0.3, 0.4) is 0 Å². The number of nitroso groups, excluding NO2 is 1. The average molecular weight is 435 g/mol. The fourth-order valence-corrected chi connectivity index (χ4v) is 4.36. The molecule has 31 heavy (non-hydrogen) atoms. The van der Waals surface area contributed by atoms with Gasteiger partial charge in [-0.1, -0.05) is 38.9 Å². The summed E-state index contributed by atoms with van der Waals surface area (Å²) in [4.78, 5) is 12.7. The Morgan fingerprint density at radius 3 is 2.06 bits per heavy atom. The smallest absolute Gasteiger partial charge is 0.405 e. The first-order valence-corrected chi connectivity index (χ1v) is 10.3. The van der Waals surface area contributed by atoms with E-state index in [-0.39, 0.29) is 23.1 Å². The molecule has 0 unspecified atom stereocenters. The second-order valence-corrected chi connectivity index (χ2v) is 9.74. The molecule has 0 atom stereocenters. The lowest BCUT2D eigenvalue weighted by molar-refractivity contribution is -0.274. The highest BCUT2D eigenvalue weighted by Crippen LogP contribution is 2.50. The number of ether oxygens (including phenoxy) is 1. The SMILES string of the molecule is CN(C)c1cc2c(cc1-c1cc(CN=O)ccc1OC(F)(F)F)C(C)(C)CCC2(C)C. The first-order valence-electron chi connectivity index (χ1n) is 10.3. The van der Waals surface area contributed by atoms with Crippen molar-refractivity contribution in [2.45, 2.75) is 64.3 Å². The number of nitrogens with zero attached hydrogens (tertiary/aromatic N) is 2. The zero-order valence-corrected chi connectivity index (χ0v) is 18.9. The number of halogens is 3. The van der Waals surface area contributed by atoms with E-state index in [2.05, 4.69) is 43.7 Å². The monoisotopic (exact) mass is 434 g/mol. The summed E-state index contributed by atoms with van der Waals surface area (Å²) in [6, 6.07) is 8.36. The molecule has 168 valence electrons. The van der Waals surface area contributed by atoms with E-state index in [0.29, 0.717) is 16.7 Å². The van der Waals surface area contributed by atoms with Gasteiger partial charge in [-0.2, -0.15) is 4.91 Å². The van der Waals surface area contributed by atoms with Crippen molar-refractivity contribution in [1.82, 2.24) is 0 Å². The maximum atomic E-state index is 13.1. The fourth-order valence-electron chi connectivity index (χ4n) is 4.36. The first-order chi connectivity index (χ1) is 14.2. The van der Waals surface area contributed by atoms with Crippen LogP contribution in [0, 0.1) is 4.91 Å². The predicted molar refractivity (Wildman–Crippen MR) is 118 cm³/mol. The largest absolute Gasteiger partial charge is 0.573 e. The van der Waals surface area contributed by atoms with Gasteiger partial charge >= 0.3 is 6.36 Å². The van der Waals surface area contributed by atoms with Crippen molar-refractivity contribution >= 4 is 5.69 Å². The molecule has 0 aromatic heterocycles. The molecule has 0 fully saturated rings. The molecule has 2 aromatic rings. The summed E-state index contributed by atoms with van der Waals surface area (Å²) in [5.74, 6) is -0.293. The van der Waals surface area contributed by atoms with E-state index in [0.717, 1.165) is 24.1 Å².